The average Bonchev–Trinajstić information content (AvgIpc) is 3.74. The van der Waals surface area contributed by atoms with Gasteiger partial charge in [0.25, 0.3) is 11.8 Å². The average molecular weight is 809 g/mol. The van der Waals surface area contributed by atoms with Crippen molar-refractivity contribution in [1.82, 2.24) is 24.9 Å². The summed E-state index contributed by atoms with van der Waals surface area (Å²) in [5.41, 5.74) is 25.5. The van der Waals surface area contributed by atoms with Gasteiger partial charge < -0.3 is 37.9 Å². The molecule has 0 spiro atoms. The maximum atomic E-state index is 13.9. The van der Waals surface area contributed by atoms with Crippen LogP contribution in [0.15, 0.2) is 66.7 Å². The number of hydrogen-bond acceptors (Lipinski definition) is 11. The first-order valence-electron chi connectivity index (χ1n) is 19.6. The number of alkyl carbamates (subject to hydrolysis) is 1. The number of carbonyl (C=O) groups is 3. The molecule has 4 heterocycles. The Labute approximate surface area is 340 Å². The van der Waals surface area contributed by atoms with Crippen LogP contribution in [-0.4, -0.2) is 62.6 Å². The van der Waals surface area contributed by atoms with Crippen molar-refractivity contribution >= 4 is 40.9 Å². The predicted molar refractivity (Wildman–Crippen MR) is 221 cm³/mol. The number of ether oxygens (including phenoxy) is 1. The number of aromatic nitrogens is 4. The largest absolute Gasteiger partial charge is 0.445 e. The van der Waals surface area contributed by atoms with Gasteiger partial charge in [0, 0.05) is 47.7 Å². The highest BCUT2D eigenvalue weighted by Crippen LogP contribution is 2.37. The number of benzene rings is 3. The Kier molecular flexibility index (Phi) is 12.0. The van der Waals surface area contributed by atoms with Crippen molar-refractivity contribution in [1.29, 1.82) is 0 Å². The molecule has 14 nitrogen and oxygen atoms in total. The highest BCUT2D eigenvalue weighted by Gasteiger charge is 2.35. The molecule has 310 valence electrons. The van der Waals surface area contributed by atoms with Crippen LogP contribution >= 0.6 is 0 Å². The van der Waals surface area contributed by atoms with Crippen LogP contribution in [0.3, 0.4) is 0 Å². The molecule has 0 radical (unpaired) electrons. The van der Waals surface area contributed by atoms with E-state index in [9.17, 15) is 23.2 Å². The van der Waals surface area contributed by atoms with Gasteiger partial charge in [-0.1, -0.05) is 37.8 Å². The second-order valence-corrected chi connectivity index (χ2v) is 15.3. The van der Waals surface area contributed by atoms with Gasteiger partial charge >= 0.3 is 6.09 Å². The molecule has 0 saturated heterocycles. The molecule has 0 fully saturated rings. The number of carbonyl (C=O) groups excluding carboxylic acids is 3. The summed E-state index contributed by atoms with van der Waals surface area (Å²) in [6, 6.07) is 18.2. The van der Waals surface area contributed by atoms with Crippen molar-refractivity contribution in [3.63, 3.8) is 0 Å². The molecule has 16 heteroatoms. The lowest BCUT2D eigenvalue weighted by molar-refractivity contribution is 0.0851. The van der Waals surface area contributed by atoms with E-state index in [2.05, 4.69) is 26.1 Å². The standard InChI is InChI=1S/C25H26FN5O3.C17H20FN5O.CH4/c26-16-6-8-21-19(12-16)18(10-11-28-21)24(32)31-23(27)20-13-17(7-9-22(20)30-31)29-25(33)34-14-15-4-2-1-3-5-15;18-9-1-3-14-12(7-9)11(5-6-21-14)17(24)23-16(20)13-8-10(19)2-4-15(13)22-23;/h1-6,8,12,17-18,28H,7,9-11,13-14,27H2,(H,29,33);1,3,7,10-11,21H,2,4-6,8,19-20H2;1H4/t17-,18-;10-,11-;/m00./s1. The van der Waals surface area contributed by atoms with E-state index >= 15 is 0 Å². The number of nitrogen functional groups attached to an aromatic ring is 2. The number of anilines is 4. The van der Waals surface area contributed by atoms with Crippen LogP contribution < -0.4 is 33.2 Å². The van der Waals surface area contributed by atoms with Gasteiger partial charge in [0.05, 0.1) is 23.2 Å². The fourth-order valence-electron chi connectivity index (χ4n) is 8.39. The summed E-state index contributed by atoms with van der Waals surface area (Å²) in [5.74, 6) is -1.54. The molecule has 1 amide bonds. The van der Waals surface area contributed by atoms with Crippen LogP contribution in [0.4, 0.5) is 36.6 Å². The molecule has 0 bridgehead atoms. The smallest absolute Gasteiger partial charge is 0.407 e. The fourth-order valence-corrected chi connectivity index (χ4v) is 8.39. The lowest BCUT2D eigenvalue weighted by atomic mass is 9.90. The van der Waals surface area contributed by atoms with Crippen molar-refractivity contribution in [2.75, 3.05) is 35.2 Å². The third-order valence-electron chi connectivity index (χ3n) is 11.4. The van der Waals surface area contributed by atoms with Crippen LogP contribution in [0, 0.1) is 11.6 Å². The Balaban J connectivity index is 0.000000186. The van der Waals surface area contributed by atoms with Crippen molar-refractivity contribution in [3.05, 3.63) is 118 Å². The summed E-state index contributed by atoms with van der Waals surface area (Å²) in [7, 11) is 0. The summed E-state index contributed by atoms with van der Waals surface area (Å²) in [5, 5.41) is 18.2. The highest BCUT2D eigenvalue weighted by atomic mass is 19.1. The van der Waals surface area contributed by atoms with E-state index in [0.717, 1.165) is 52.3 Å². The van der Waals surface area contributed by atoms with Gasteiger partial charge in [-0.3, -0.25) is 9.59 Å². The van der Waals surface area contributed by atoms with Gasteiger partial charge in [-0.2, -0.15) is 19.6 Å². The van der Waals surface area contributed by atoms with E-state index in [1.54, 1.807) is 12.1 Å². The molecule has 4 atom stereocenters. The minimum atomic E-state index is -0.530. The van der Waals surface area contributed by atoms with Crippen LogP contribution in [-0.2, 0) is 37.0 Å². The molecule has 2 aromatic heterocycles. The van der Waals surface area contributed by atoms with E-state index in [-0.39, 0.29) is 55.4 Å². The fraction of sp³-hybridized carbons (Fsp3) is 0.372. The number of nitrogens with one attached hydrogen (secondary N) is 3. The molecule has 9 N–H and O–H groups in total. The quantitative estimate of drug-likeness (QED) is 0.123. The molecule has 0 saturated carbocycles. The van der Waals surface area contributed by atoms with Gasteiger partial charge in [0.1, 0.15) is 29.9 Å². The third-order valence-corrected chi connectivity index (χ3v) is 11.4. The number of hydrogen-bond donors (Lipinski definition) is 6. The number of aryl methyl sites for hydroxylation is 2. The first-order chi connectivity index (χ1) is 28.0. The summed E-state index contributed by atoms with van der Waals surface area (Å²) in [6.45, 7) is 1.45. The first kappa shape index (κ1) is 40.9. The van der Waals surface area contributed by atoms with E-state index in [0.29, 0.717) is 68.6 Å². The van der Waals surface area contributed by atoms with Crippen LogP contribution in [0.1, 0.15) is 93.7 Å². The van der Waals surface area contributed by atoms with Gasteiger partial charge in [0.2, 0.25) is 0 Å². The number of rotatable bonds is 5. The zero-order chi connectivity index (χ0) is 40.5. The molecule has 0 unspecified atom stereocenters. The molecule has 2 aliphatic carbocycles. The van der Waals surface area contributed by atoms with Gasteiger partial charge in [-0.15, -0.1) is 0 Å². The number of amides is 1. The van der Waals surface area contributed by atoms with Crippen molar-refractivity contribution in [3.8, 4) is 0 Å². The normalized spacial score (nSPS) is 20.0. The van der Waals surface area contributed by atoms with E-state index in [4.69, 9.17) is 21.9 Å². The van der Waals surface area contributed by atoms with Gasteiger partial charge in [-0.05, 0) is 104 Å². The third kappa shape index (κ3) is 8.49. The first-order valence-corrected chi connectivity index (χ1v) is 19.6. The molecule has 59 heavy (non-hydrogen) atoms. The Morgan fingerprint density at radius 2 is 1.27 bits per heavy atom. The molecular formula is C43H50F2N10O4. The maximum Gasteiger partial charge on any atom is 0.407 e. The molecule has 3 aromatic carbocycles. The van der Waals surface area contributed by atoms with Crippen LogP contribution in [0.2, 0.25) is 0 Å². The lowest BCUT2D eigenvalue weighted by Crippen LogP contribution is -2.39. The minimum Gasteiger partial charge on any atom is -0.445 e. The molecule has 4 aliphatic rings. The van der Waals surface area contributed by atoms with Crippen molar-refractivity contribution in [2.45, 2.75) is 89.3 Å². The highest BCUT2D eigenvalue weighted by molar-refractivity contribution is 5.91. The number of fused-ring (bicyclic) bond motifs is 4. The van der Waals surface area contributed by atoms with Gasteiger partial charge in [-0.25, -0.2) is 13.6 Å². The Morgan fingerprint density at radius 1 is 0.746 bits per heavy atom. The SMILES string of the molecule is C.Nc1c2c(nn1C(=O)[C@H]1CCNc3ccc(F)cc31)CC[C@H](N)C2.Nc1c2c(nn1C(=O)[C@H]1CCNc3ccc(F)cc31)CC[C@H](NC(=O)OCc1ccccc1)C2. The predicted octanol–water partition coefficient (Wildman–Crippen LogP) is 5.92. The molecular weight excluding hydrogens is 759 g/mol. The Bertz CT molecular complexity index is 2360. The molecule has 2 aliphatic heterocycles. The van der Waals surface area contributed by atoms with Crippen molar-refractivity contribution in [2.24, 2.45) is 5.73 Å². The van der Waals surface area contributed by atoms with Crippen LogP contribution in [0.5, 0.6) is 0 Å². The Hall–Kier alpha value is -6.29. The monoisotopic (exact) mass is 808 g/mol. The lowest BCUT2D eigenvalue weighted by Gasteiger charge is -2.25. The summed E-state index contributed by atoms with van der Waals surface area (Å²) in [6.07, 6.45) is 4.55. The second-order valence-electron chi connectivity index (χ2n) is 15.3. The summed E-state index contributed by atoms with van der Waals surface area (Å²) >= 11 is 0. The zero-order valence-electron chi connectivity index (χ0n) is 31.8. The molecule has 5 aromatic rings. The van der Waals surface area contributed by atoms with E-state index < -0.39 is 17.9 Å². The topological polar surface area (TPSA) is 210 Å². The van der Waals surface area contributed by atoms with Crippen LogP contribution in [0.25, 0.3) is 0 Å². The van der Waals surface area contributed by atoms with E-state index in [1.165, 1.54) is 33.6 Å². The minimum absolute atomic E-state index is 0. The number of nitrogens with two attached hydrogens (primary N) is 3. The maximum absolute atomic E-state index is 13.9. The summed E-state index contributed by atoms with van der Waals surface area (Å²) in [4.78, 5) is 38.7. The number of nitrogens with zero attached hydrogens (tertiary/aromatic N) is 4. The van der Waals surface area contributed by atoms with E-state index in [1.807, 2.05) is 30.3 Å². The Morgan fingerprint density at radius 3 is 1.83 bits per heavy atom. The molecule has 9 rings (SSSR count). The van der Waals surface area contributed by atoms with Crippen molar-refractivity contribution < 1.29 is 27.9 Å². The second kappa shape index (κ2) is 17.3. The zero-order valence-corrected chi connectivity index (χ0v) is 31.8. The van der Waals surface area contributed by atoms with Gasteiger partial charge in [0.15, 0.2) is 0 Å². The summed E-state index contributed by atoms with van der Waals surface area (Å²) < 4.78 is 35.4. The number of halogens is 2.